The number of thioether (sulfide) groups is 1. The Hall–Kier alpha value is -1.79. The van der Waals surface area contributed by atoms with Crippen molar-refractivity contribution < 1.29 is 9.59 Å². The van der Waals surface area contributed by atoms with Crippen molar-refractivity contribution in [1.29, 1.82) is 0 Å². The van der Waals surface area contributed by atoms with Crippen LogP contribution in [0.15, 0.2) is 51.8 Å². The van der Waals surface area contributed by atoms with Crippen molar-refractivity contribution in [1.82, 2.24) is 10.9 Å². The van der Waals surface area contributed by atoms with Gasteiger partial charge in [0.2, 0.25) is 5.91 Å². The topological polar surface area (TPSA) is 58.2 Å². The van der Waals surface area contributed by atoms with Crippen LogP contribution in [0, 0.1) is 13.8 Å². The van der Waals surface area contributed by atoms with E-state index in [-0.39, 0.29) is 17.6 Å². The number of carbonyl (C=O) groups is 2. The first kappa shape index (κ1) is 17.6. The van der Waals surface area contributed by atoms with Crippen LogP contribution in [-0.4, -0.2) is 17.6 Å². The van der Waals surface area contributed by atoms with Crippen molar-refractivity contribution in [2.75, 3.05) is 5.75 Å². The summed E-state index contributed by atoms with van der Waals surface area (Å²) in [6.07, 6.45) is 0. The molecular formula is C17H17BrN2O2S. The first-order chi connectivity index (χ1) is 11.0. The Bertz CT molecular complexity index is 720. The molecule has 0 heterocycles. The lowest BCUT2D eigenvalue weighted by atomic mass is 10.2. The molecule has 0 aliphatic heterocycles. The average molecular weight is 393 g/mol. The third kappa shape index (κ3) is 5.11. The van der Waals surface area contributed by atoms with Gasteiger partial charge >= 0.3 is 0 Å². The van der Waals surface area contributed by atoms with Crippen molar-refractivity contribution in [3.8, 4) is 0 Å². The molecule has 2 rings (SSSR count). The van der Waals surface area contributed by atoms with Crippen LogP contribution < -0.4 is 10.9 Å². The molecule has 6 heteroatoms. The smallest absolute Gasteiger partial charge is 0.269 e. The number of rotatable bonds is 4. The zero-order valence-corrected chi connectivity index (χ0v) is 15.3. The van der Waals surface area contributed by atoms with E-state index >= 15 is 0 Å². The van der Waals surface area contributed by atoms with Gasteiger partial charge < -0.3 is 0 Å². The summed E-state index contributed by atoms with van der Waals surface area (Å²) in [6.45, 7) is 4.01. The van der Waals surface area contributed by atoms with Gasteiger partial charge in [-0.2, -0.15) is 0 Å². The van der Waals surface area contributed by atoms with Crippen molar-refractivity contribution in [3.63, 3.8) is 0 Å². The minimum atomic E-state index is -0.334. The molecule has 2 N–H and O–H groups in total. The van der Waals surface area contributed by atoms with Gasteiger partial charge in [-0.25, -0.2) is 0 Å². The first-order valence-corrected chi connectivity index (χ1v) is 8.79. The molecule has 0 atom stereocenters. The third-order valence-electron chi connectivity index (χ3n) is 3.17. The molecule has 0 spiro atoms. The summed E-state index contributed by atoms with van der Waals surface area (Å²) < 4.78 is 1.05. The molecule has 23 heavy (non-hydrogen) atoms. The highest BCUT2D eigenvalue weighted by atomic mass is 79.9. The van der Waals surface area contributed by atoms with Crippen LogP contribution in [0.1, 0.15) is 21.5 Å². The molecule has 0 radical (unpaired) electrons. The number of benzene rings is 2. The number of nitrogens with one attached hydrogen (secondary N) is 2. The Morgan fingerprint density at radius 3 is 2.43 bits per heavy atom. The Kier molecular flexibility index (Phi) is 6.24. The van der Waals surface area contributed by atoms with Gasteiger partial charge in [0.1, 0.15) is 0 Å². The second-order valence-corrected chi connectivity index (χ2v) is 6.90. The SMILES string of the molecule is Cc1cc(SCC(=O)NNC(=O)c2ccccc2)c(C)cc1Br. The summed E-state index contributed by atoms with van der Waals surface area (Å²) in [6, 6.07) is 12.8. The minimum absolute atomic E-state index is 0.233. The van der Waals surface area contributed by atoms with Crippen molar-refractivity contribution in [2.45, 2.75) is 18.7 Å². The molecule has 0 aromatic heterocycles. The van der Waals surface area contributed by atoms with Crippen LogP contribution in [0.3, 0.4) is 0 Å². The van der Waals surface area contributed by atoms with Crippen LogP contribution in [0.2, 0.25) is 0 Å². The van der Waals surface area contributed by atoms with E-state index in [1.807, 2.05) is 32.0 Å². The van der Waals surface area contributed by atoms with Gasteiger partial charge in [0.05, 0.1) is 5.75 Å². The van der Waals surface area contributed by atoms with E-state index in [4.69, 9.17) is 0 Å². The van der Waals surface area contributed by atoms with Crippen LogP contribution in [-0.2, 0) is 4.79 Å². The van der Waals surface area contributed by atoms with Crippen LogP contribution in [0.5, 0.6) is 0 Å². The van der Waals surface area contributed by atoms with Crippen LogP contribution in [0.4, 0.5) is 0 Å². The highest BCUT2D eigenvalue weighted by Crippen LogP contribution is 2.28. The van der Waals surface area contributed by atoms with Gasteiger partial charge in [0.15, 0.2) is 0 Å². The predicted octanol–water partition coefficient (Wildman–Crippen LogP) is 3.62. The van der Waals surface area contributed by atoms with E-state index in [9.17, 15) is 9.59 Å². The highest BCUT2D eigenvalue weighted by molar-refractivity contribution is 9.10. The molecule has 0 saturated heterocycles. The minimum Gasteiger partial charge on any atom is -0.272 e. The first-order valence-electron chi connectivity index (χ1n) is 7.01. The summed E-state index contributed by atoms with van der Waals surface area (Å²) in [5, 5.41) is 0. The lowest BCUT2D eigenvalue weighted by molar-refractivity contribution is -0.119. The van der Waals surface area contributed by atoms with Crippen LogP contribution >= 0.6 is 27.7 Å². The number of amides is 2. The predicted molar refractivity (Wildman–Crippen MR) is 96.4 cm³/mol. The maximum atomic E-state index is 11.9. The van der Waals surface area contributed by atoms with Gasteiger partial charge in [0.25, 0.3) is 5.91 Å². The maximum absolute atomic E-state index is 11.9. The molecule has 0 saturated carbocycles. The summed E-state index contributed by atoms with van der Waals surface area (Å²) in [5.41, 5.74) is 7.57. The maximum Gasteiger partial charge on any atom is 0.269 e. The lowest BCUT2D eigenvalue weighted by Gasteiger charge is -2.10. The summed E-state index contributed by atoms with van der Waals surface area (Å²) in [4.78, 5) is 24.7. The Labute approximate surface area is 148 Å². The Morgan fingerprint density at radius 1 is 1.04 bits per heavy atom. The van der Waals surface area contributed by atoms with Gasteiger partial charge in [-0.05, 0) is 49.2 Å². The molecule has 2 aromatic carbocycles. The van der Waals surface area contributed by atoms with E-state index in [1.165, 1.54) is 11.8 Å². The fourth-order valence-corrected chi connectivity index (χ4v) is 3.24. The van der Waals surface area contributed by atoms with Crippen LogP contribution in [0.25, 0.3) is 0 Å². The molecule has 0 bridgehead atoms. The molecule has 120 valence electrons. The summed E-state index contributed by atoms with van der Waals surface area (Å²) in [7, 11) is 0. The van der Waals surface area contributed by atoms with Crippen molar-refractivity contribution in [3.05, 3.63) is 63.6 Å². The summed E-state index contributed by atoms with van der Waals surface area (Å²) in [5.74, 6) is -0.351. The Balaban J connectivity index is 1.84. The van der Waals surface area contributed by atoms with Gasteiger partial charge in [-0.3, -0.25) is 20.4 Å². The molecule has 0 aliphatic rings. The molecule has 2 amide bonds. The number of hydrogen-bond donors (Lipinski definition) is 2. The number of hydrazine groups is 1. The zero-order valence-electron chi connectivity index (χ0n) is 12.9. The van der Waals surface area contributed by atoms with Crippen molar-refractivity contribution in [2.24, 2.45) is 0 Å². The van der Waals surface area contributed by atoms with E-state index < -0.39 is 0 Å². The molecule has 2 aromatic rings. The average Bonchev–Trinajstić information content (AvgIpc) is 2.55. The Morgan fingerprint density at radius 2 is 1.74 bits per heavy atom. The normalized spacial score (nSPS) is 10.2. The van der Waals surface area contributed by atoms with E-state index in [1.54, 1.807) is 24.3 Å². The molecular weight excluding hydrogens is 376 g/mol. The lowest BCUT2D eigenvalue weighted by Crippen LogP contribution is -2.42. The monoisotopic (exact) mass is 392 g/mol. The number of aryl methyl sites for hydroxylation is 2. The molecule has 0 unspecified atom stereocenters. The van der Waals surface area contributed by atoms with Gasteiger partial charge in [-0.15, -0.1) is 11.8 Å². The van der Waals surface area contributed by atoms with E-state index in [0.29, 0.717) is 5.56 Å². The highest BCUT2D eigenvalue weighted by Gasteiger charge is 2.09. The second-order valence-electron chi connectivity index (χ2n) is 5.02. The zero-order chi connectivity index (χ0) is 16.8. The second kappa shape index (κ2) is 8.17. The van der Waals surface area contributed by atoms with E-state index in [2.05, 4.69) is 26.8 Å². The molecule has 0 aliphatic carbocycles. The number of halogens is 1. The number of hydrogen-bond acceptors (Lipinski definition) is 3. The third-order valence-corrected chi connectivity index (χ3v) is 5.18. The number of carbonyl (C=O) groups excluding carboxylic acids is 2. The van der Waals surface area contributed by atoms with Gasteiger partial charge in [-0.1, -0.05) is 34.1 Å². The molecule has 4 nitrogen and oxygen atoms in total. The fourth-order valence-electron chi connectivity index (χ4n) is 1.88. The fraction of sp³-hybridized carbons (Fsp3) is 0.176. The largest absolute Gasteiger partial charge is 0.272 e. The van der Waals surface area contributed by atoms with Gasteiger partial charge in [0, 0.05) is 14.9 Å². The standard InChI is InChI=1S/C17H17BrN2O2S/c1-11-9-15(12(2)8-14(11)18)23-10-16(21)19-20-17(22)13-6-4-3-5-7-13/h3-9H,10H2,1-2H3,(H,19,21)(H,20,22). The van der Waals surface area contributed by atoms with Crippen molar-refractivity contribution >= 4 is 39.5 Å². The summed E-state index contributed by atoms with van der Waals surface area (Å²) >= 11 is 4.93. The quantitative estimate of drug-likeness (QED) is 0.616. The van der Waals surface area contributed by atoms with E-state index in [0.717, 1.165) is 20.5 Å². The molecule has 0 fully saturated rings.